The Bertz CT molecular complexity index is 671. The molecule has 1 aliphatic rings. The maximum Gasteiger partial charge on any atom is 0.227 e. The van der Waals surface area contributed by atoms with Crippen molar-refractivity contribution in [2.75, 3.05) is 0 Å². The standard InChI is InChI=1S/C22H27NO/c1-16(2)17(3)23(21-13-14-21)22(24)15-18-9-11-20(12-10-18)19-7-5-4-6-8-19/h4-12,16-17,21H,13-15H2,1-3H3. The van der Waals surface area contributed by atoms with E-state index in [1.54, 1.807) is 0 Å². The van der Waals surface area contributed by atoms with Gasteiger partial charge in [-0.1, -0.05) is 68.4 Å². The molecule has 2 aromatic rings. The zero-order valence-corrected chi connectivity index (χ0v) is 14.9. The van der Waals surface area contributed by atoms with E-state index >= 15 is 0 Å². The Hall–Kier alpha value is -2.09. The Morgan fingerprint density at radius 3 is 2.08 bits per heavy atom. The summed E-state index contributed by atoms with van der Waals surface area (Å²) in [5, 5.41) is 0. The molecule has 1 saturated carbocycles. The highest BCUT2D eigenvalue weighted by atomic mass is 16.2. The van der Waals surface area contributed by atoms with Gasteiger partial charge in [0.2, 0.25) is 5.91 Å². The first-order valence-corrected chi connectivity index (χ1v) is 9.02. The fourth-order valence-corrected chi connectivity index (χ4v) is 3.15. The van der Waals surface area contributed by atoms with Crippen molar-refractivity contribution in [1.82, 2.24) is 4.90 Å². The van der Waals surface area contributed by atoms with E-state index in [9.17, 15) is 4.79 Å². The summed E-state index contributed by atoms with van der Waals surface area (Å²) < 4.78 is 0. The average molecular weight is 321 g/mol. The van der Waals surface area contributed by atoms with Crippen LogP contribution < -0.4 is 0 Å². The smallest absolute Gasteiger partial charge is 0.227 e. The van der Waals surface area contributed by atoms with E-state index in [0.29, 0.717) is 24.4 Å². The van der Waals surface area contributed by atoms with Crippen LogP contribution in [0.5, 0.6) is 0 Å². The van der Waals surface area contributed by atoms with Crippen molar-refractivity contribution in [2.24, 2.45) is 5.92 Å². The van der Waals surface area contributed by atoms with Crippen LogP contribution in [0.25, 0.3) is 11.1 Å². The molecule has 126 valence electrons. The molecule has 1 aliphatic carbocycles. The van der Waals surface area contributed by atoms with Gasteiger partial charge in [0.15, 0.2) is 0 Å². The van der Waals surface area contributed by atoms with E-state index < -0.39 is 0 Å². The third-order valence-corrected chi connectivity index (χ3v) is 5.05. The first-order chi connectivity index (χ1) is 11.6. The van der Waals surface area contributed by atoms with Gasteiger partial charge in [0, 0.05) is 12.1 Å². The normalized spacial score (nSPS) is 15.3. The Morgan fingerprint density at radius 2 is 1.54 bits per heavy atom. The molecule has 1 atom stereocenters. The fraction of sp³-hybridized carbons (Fsp3) is 0.409. The van der Waals surface area contributed by atoms with Crippen LogP contribution in [-0.2, 0) is 11.2 Å². The Labute approximate surface area is 145 Å². The van der Waals surface area contributed by atoms with Gasteiger partial charge in [-0.2, -0.15) is 0 Å². The third kappa shape index (κ3) is 3.87. The zero-order chi connectivity index (χ0) is 17.1. The number of carbonyl (C=O) groups is 1. The lowest BCUT2D eigenvalue weighted by Crippen LogP contribution is -2.43. The van der Waals surface area contributed by atoms with Gasteiger partial charge >= 0.3 is 0 Å². The molecular weight excluding hydrogens is 294 g/mol. The Morgan fingerprint density at radius 1 is 0.958 bits per heavy atom. The number of benzene rings is 2. The minimum Gasteiger partial charge on any atom is -0.336 e. The van der Waals surface area contributed by atoms with Gasteiger partial charge in [-0.3, -0.25) is 4.79 Å². The van der Waals surface area contributed by atoms with Crippen LogP contribution in [0.3, 0.4) is 0 Å². The lowest BCUT2D eigenvalue weighted by molar-refractivity contribution is -0.134. The second kappa shape index (κ2) is 7.21. The predicted octanol–water partition coefficient (Wildman–Crippen LogP) is 4.93. The number of amides is 1. The Kier molecular flexibility index (Phi) is 5.03. The molecule has 3 rings (SSSR count). The molecule has 0 spiro atoms. The number of carbonyl (C=O) groups excluding carboxylic acids is 1. The van der Waals surface area contributed by atoms with E-state index in [1.165, 1.54) is 11.1 Å². The SMILES string of the molecule is CC(C)C(C)N(C(=O)Cc1ccc(-c2ccccc2)cc1)C1CC1. The van der Waals surface area contributed by atoms with Crippen LogP contribution in [0.15, 0.2) is 54.6 Å². The fourth-order valence-electron chi connectivity index (χ4n) is 3.15. The molecule has 0 radical (unpaired) electrons. The molecule has 24 heavy (non-hydrogen) atoms. The van der Waals surface area contributed by atoms with Gasteiger partial charge in [0.25, 0.3) is 0 Å². The van der Waals surface area contributed by atoms with Gasteiger partial charge in [-0.05, 0) is 42.4 Å². The summed E-state index contributed by atoms with van der Waals surface area (Å²) in [4.78, 5) is 15.0. The molecule has 1 amide bonds. The monoisotopic (exact) mass is 321 g/mol. The van der Waals surface area contributed by atoms with Gasteiger partial charge in [-0.25, -0.2) is 0 Å². The Balaban J connectivity index is 1.70. The first kappa shape index (κ1) is 16.8. The molecule has 0 aromatic heterocycles. The van der Waals surface area contributed by atoms with Gasteiger partial charge in [-0.15, -0.1) is 0 Å². The van der Waals surface area contributed by atoms with Crippen molar-refractivity contribution < 1.29 is 4.79 Å². The summed E-state index contributed by atoms with van der Waals surface area (Å²) in [6.45, 7) is 6.57. The molecule has 0 N–H and O–H groups in total. The number of rotatable bonds is 6. The topological polar surface area (TPSA) is 20.3 Å². The number of nitrogens with zero attached hydrogens (tertiary/aromatic N) is 1. The van der Waals surface area contributed by atoms with Crippen molar-refractivity contribution in [3.8, 4) is 11.1 Å². The molecule has 2 heteroatoms. The summed E-state index contributed by atoms with van der Waals surface area (Å²) in [5.74, 6) is 0.765. The lowest BCUT2D eigenvalue weighted by Gasteiger charge is -2.32. The molecule has 2 nitrogen and oxygen atoms in total. The van der Waals surface area contributed by atoms with E-state index in [1.807, 2.05) is 18.2 Å². The summed E-state index contributed by atoms with van der Waals surface area (Å²) in [6, 6.07) is 19.5. The van der Waals surface area contributed by atoms with Gasteiger partial charge < -0.3 is 4.90 Å². The second-order valence-electron chi connectivity index (χ2n) is 7.26. The van der Waals surface area contributed by atoms with Crippen LogP contribution in [0.2, 0.25) is 0 Å². The van der Waals surface area contributed by atoms with Crippen LogP contribution in [0.1, 0.15) is 39.2 Å². The number of hydrogen-bond donors (Lipinski definition) is 0. The largest absolute Gasteiger partial charge is 0.336 e. The third-order valence-electron chi connectivity index (χ3n) is 5.05. The highest BCUT2D eigenvalue weighted by Gasteiger charge is 2.36. The molecule has 1 fully saturated rings. The highest BCUT2D eigenvalue weighted by Crippen LogP contribution is 2.31. The predicted molar refractivity (Wildman–Crippen MR) is 99.8 cm³/mol. The van der Waals surface area contributed by atoms with E-state index in [0.717, 1.165) is 18.4 Å². The second-order valence-corrected chi connectivity index (χ2v) is 7.26. The molecule has 0 aliphatic heterocycles. The summed E-state index contributed by atoms with van der Waals surface area (Å²) in [6.07, 6.45) is 2.83. The summed E-state index contributed by atoms with van der Waals surface area (Å²) in [7, 11) is 0. The van der Waals surface area contributed by atoms with Gasteiger partial charge in [0.1, 0.15) is 0 Å². The summed E-state index contributed by atoms with van der Waals surface area (Å²) in [5.41, 5.74) is 3.51. The van der Waals surface area contributed by atoms with Crippen LogP contribution in [-0.4, -0.2) is 22.9 Å². The highest BCUT2D eigenvalue weighted by molar-refractivity contribution is 5.80. The van der Waals surface area contributed by atoms with Crippen LogP contribution in [0, 0.1) is 5.92 Å². The molecule has 0 saturated heterocycles. The zero-order valence-electron chi connectivity index (χ0n) is 14.9. The van der Waals surface area contributed by atoms with E-state index in [-0.39, 0.29) is 5.91 Å². The van der Waals surface area contributed by atoms with Crippen molar-refractivity contribution in [3.63, 3.8) is 0 Å². The molecule has 0 heterocycles. The van der Waals surface area contributed by atoms with Gasteiger partial charge in [0.05, 0.1) is 6.42 Å². The molecule has 2 aromatic carbocycles. The first-order valence-electron chi connectivity index (χ1n) is 9.02. The van der Waals surface area contributed by atoms with Crippen molar-refractivity contribution in [3.05, 3.63) is 60.2 Å². The maximum absolute atomic E-state index is 12.8. The van der Waals surface area contributed by atoms with Crippen LogP contribution in [0.4, 0.5) is 0 Å². The van der Waals surface area contributed by atoms with E-state index in [4.69, 9.17) is 0 Å². The maximum atomic E-state index is 12.8. The van der Waals surface area contributed by atoms with Crippen molar-refractivity contribution >= 4 is 5.91 Å². The summed E-state index contributed by atoms with van der Waals surface area (Å²) >= 11 is 0. The molecule has 1 unspecified atom stereocenters. The lowest BCUT2D eigenvalue weighted by atomic mass is 10.0. The molecular formula is C22H27NO. The number of hydrogen-bond acceptors (Lipinski definition) is 1. The van der Waals surface area contributed by atoms with Crippen LogP contribution >= 0.6 is 0 Å². The minimum absolute atomic E-state index is 0.270. The van der Waals surface area contributed by atoms with Crippen molar-refractivity contribution in [1.29, 1.82) is 0 Å². The van der Waals surface area contributed by atoms with E-state index in [2.05, 4.69) is 62.1 Å². The quantitative estimate of drug-likeness (QED) is 0.738. The minimum atomic E-state index is 0.270. The average Bonchev–Trinajstić information content (AvgIpc) is 3.41. The molecule has 0 bridgehead atoms. The van der Waals surface area contributed by atoms with Crippen molar-refractivity contribution in [2.45, 2.75) is 52.1 Å².